The number of halogens is 3. The fraction of sp³-hybridized carbons (Fsp3) is 0.154. The van der Waals surface area contributed by atoms with Crippen molar-refractivity contribution in [1.29, 1.82) is 0 Å². The molecule has 2 rings (SSSR count). The van der Waals surface area contributed by atoms with Gasteiger partial charge in [-0.25, -0.2) is 18.0 Å². The molecular formula is C13H10F3N3O2. The van der Waals surface area contributed by atoms with Gasteiger partial charge in [-0.05, 0) is 18.1 Å². The van der Waals surface area contributed by atoms with E-state index in [2.05, 4.69) is 10.3 Å². The molecule has 0 fully saturated rings. The first-order valence-electron chi connectivity index (χ1n) is 5.95. The van der Waals surface area contributed by atoms with Gasteiger partial charge in [0, 0.05) is 6.42 Å². The van der Waals surface area contributed by atoms with E-state index < -0.39 is 34.9 Å². The van der Waals surface area contributed by atoms with E-state index in [-0.39, 0.29) is 18.4 Å². The third kappa shape index (κ3) is 3.68. The van der Waals surface area contributed by atoms with Crippen LogP contribution in [-0.2, 0) is 11.2 Å². The van der Waals surface area contributed by atoms with Gasteiger partial charge in [-0.2, -0.15) is 4.98 Å². The van der Waals surface area contributed by atoms with Gasteiger partial charge in [0.25, 0.3) is 0 Å². The van der Waals surface area contributed by atoms with Crippen LogP contribution in [0, 0.1) is 17.5 Å². The molecule has 110 valence electrons. The lowest BCUT2D eigenvalue weighted by Crippen LogP contribution is -2.19. The molecule has 0 aliphatic rings. The molecule has 0 saturated carbocycles. The van der Waals surface area contributed by atoms with Gasteiger partial charge in [0.05, 0.1) is 6.20 Å². The predicted molar refractivity (Wildman–Crippen MR) is 68.1 cm³/mol. The Hall–Kier alpha value is -2.64. The van der Waals surface area contributed by atoms with Crippen molar-refractivity contribution in [3.63, 3.8) is 0 Å². The lowest BCUT2D eigenvalue weighted by atomic mass is 10.1. The highest BCUT2D eigenvalue weighted by Gasteiger charge is 2.12. The van der Waals surface area contributed by atoms with Gasteiger partial charge >= 0.3 is 5.69 Å². The number of hydrogen-bond donors (Lipinski definition) is 2. The summed E-state index contributed by atoms with van der Waals surface area (Å²) >= 11 is 0. The monoisotopic (exact) mass is 297 g/mol. The van der Waals surface area contributed by atoms with Crippen LogP contribution in [0.25, 0.3) is 0 Å². The van der Waals surface area contributed by atoms with Crippen LogP contribution in [0.3, 0.4) is 0 Å². The van der Waals surface area contributed by atoms with E-state index >= 15 is 0 Å². The maximum absolute atomic E-state index is 13.4. The minimum absolute atomic E-state index is 0.0360. The second-order valence-corrected chi connectivity index (χ2v) is 4.17. The number of nitrogens with one attached hydrogen (secondary N) is 2. The number of hydrogen-bond acceptors (Lipinski definition) is 3. The molecular weight excluding hydrogens is 287 g/mol. The van der Waals surface area contributed by atoms with Gasteiger partial charge in [0.1, 0.15) is 0 Å². The number of carbonyl (C=O) groups is 1. The molecule has 2 N–H and O–H groups in total. The van der Waals surface area contributed by atoms with Crippen molar-refractivity contribution in [2.24, 2.45) is 0 Å². The average molecular weight is 297 g/mol. The van der Waals surface area contributed by atoms with Crippen molar-refractivity contribution in [3.8, 4) is 0 Å². The minimum atomic E-state index is -1.02. The number of anilines is 1. The predicted octanol–water partition coefficient (Wildman–Crippen LogP) is 1.76. The molecule has 0 aliphatic heterocycles. The molecule has 5 nitrogen and oxygen atoms in total. The number of rotatable bonds is 4. The Balaban J connectivity index is 2.01. The summed E-state index contributed by atoms with van der Waals surface area (Å²) in [6.07, 6.45) is 0.400. The first-order valence-corrected chi connectivity index (χ1v) is 5.95. The summed E-state index contributed by atoms with van der Waals surface area (Å²) in [5.74, 6) is -4.00. The van der Waals surface area contributed by atoms with Crippen LogP contribution in [-0.4, -0.2) is 15.9 Å². The number of nitrogens with zero attached hydrogens (tertiary/aromatic N) is 1. The van der Waals surface area contributed by atoms with E-state index in [1.807, 2.05) is 4.98 Å². The molecule has 0 spiro atoms. The number of aromatic nitrogens is 2. The summed E-state index contributed by atoms with van der Waals surface area (Å²) in [6, 6.07) is 3.64. The molecule has 0 radical (unpaired) electrons. The fourth-order valence-electron chi connectivity index (χ4n) is 1.66. The molecule has 0 bridgehead atoms. The quantitative estimate of drug-likeness (QED) is 0.903. The van der Waals surface area contributed by atoms with E-state index in [0.717, 1.165) is 6.07 Å². The summed E-state index contributed by atoms with van der Waals surface area (Å²) in [5.41, 5.74) is -0.781. The van der Waals surface area contributed by atoms with E-state index in [1.54, 1.807) is 0 Å². The highest BCUT2D eigenvalue weighted by molar-refractivity contribution is 5.89. The Morgan fingerprint density at radius 1 is 1.24 bits per heavy atom. The van der Waals surface area contributed by atoms with Gasteiger partial charge < -0.3 is 5.32 Å². The molecule has 0 aliphatic carbocycles. The molecule has 0 unspecified atom stereocenters. The standard InChI is InChI=1S/C13H10F3N3O2/c14-8-3-1-2-7(11(8)16)4-5-10(20)18-12-9(15)6-17-13(21)19-12/h1-3,6H,4-5H2,(H2,17,18,19,20,21). The van der Waals surface area contributed by atoms with Crippen LogP contribution in [0.4, 0.5) is 19.0 Å². The van der Waals surface area contributed by atoms with E-state index in [1.165, 1.54) is 12.1 Å². The van der Waals surface area contributed by atoms with Crippen molar-refractivity contribution in [1.82, 2.24) is 9.97 Å². The second kappa shape index (κ2) is 6.21. The van der Waals surface area contributed by atoms with E-state index in [9.17, 15) is 22.8 Å². The van der Waals surface area contributed by atoms with Crippen molar-refractivity contribution >= 4 is 11.7 Å². The summed E-state index contributed by atoms with van der Waals surface area (Å²) in [6.45, 7) is 0. The van der Waals surface area contributed by atoms with Gasteiger partial charge in [0.2, 0.25) is 5.91 Å². The topological polar surface area (TPSA) is 74.8 Å². The molecule has 8 heteroatoms. The van der Waals surface area contributed by atoms with Crippen LogP contribution in [0.2, 0.25) is 0 Å². The largest absolute Gasteiger partial charge is 0.346 e. The zero-order valence-corrected chi connectivity index (χ0v) is 10.6. The number of aromatic amines is 1. The van der Waals surface area contributed by atoms with E-state index in [4.69, 9.17) is 0 Å². The minimum Gasteiger partial charge on any atom is -0.310 e. The number of amides is 1. The fourth-order valence-corrected chi connectivity index (χ4v) is 1.66. The van der Waals surface area contributed by atoms with Crippen LogP contribution < -0.4 is 11.0 Å². The summed E-state index contributed by atoms with van der Waals surface area (Å²) in [4.78, 5) is 27.7. The maximum Gasteiger partial charge on any atom is 0.346 e. The van der Waals surface area contributed by atoms with Crippen LogP contribution >= 0.6 is 0 Å². The average Bonchev–Trinajstić information content (AvgIpc) is 2.44. The molecule has 0 atom stereocenters. The summed E-state index contributed by atoms with van der Waals surface area (Å²) in [7, 11) is 0. The van der Waals surface area contributed by atoms with Gasteiger partial charge in [-0.1, -0.05) is 12.1 Å². The van der Waals surface area contributed by atoms with Crippen LogP contribution in [0.1, 0.15) is 12.0 Å². The Morgan fingerprint density at radius 3 is 2.76 bits per heavy atom. The van der Waals surface area contributed by atoms with Crippen LogP contribution in [0.15, 0.2) is 29.2 Å². The Kier molecular flexibility index (Phi) is 4.36. The molecule has 1 amide bonds. The third-order valence-electron chi connectivity index (χ3n) is 2.68. The van der Waals surface area contributed by atoms with Crippen molar-refractivity contribution < 1.29 is 18.0 Å². The molecule has 1 heterocycles. The molecule has 0 saturated heterocycles. The van der Waals surface area contributed by atoms with Crippen molar-refractivity contribution in [2.75, 3.05) is 5.32 Å². The Bertz CT molecular complexity index is 731. The molecule has 2 aromatic rings. The summed E-state index contributed by atoms with van der Waals surface area (Å²) in [5, 5.41) is 2.13. The zero-order valence-electron chi connectivity index (χ0n) is 10.6. The van der Waals surface area contributed by atoms with Crippen molar-refractivity contribution in [2.45, 2.75) is 12.8 Å². The lowest BCUT2D eigenvalue weighted by Gasteiger charge is -2.06. The van der Waals surface area contributed by atoms with Gasteiger partial charge in [-0.3, -0.25) is 9.78 Å². The lowest BCUT2D eigenvalue weighted by molar-refractivity contribution is -0.116. The zero-order chi connectivity index (χ0) is 15.4. The molecule has 21 heavy (non-hydrogen) atoms. The van der Waals surface area contributed by atoms with Gasteiger partial charge in [-0.15, -0.1) is 0 Å². The second-order valence-electron chi connectivity index (χ2n) is 4.17. The normalized spacial score (nSPS) is 10.4. The number of aryl methyl sites for hydroxylation is 1. The maximum atomic E-state index is 13.4. The smallest absolute Gasteiger partial charge is 0.310 e. The summed E-state index contributed by atoms with van der Waals surface area (Å²) < 4.78 is 39.6. The highest BCUT2D eigenvalue weighted by atomic mass is 19.2. The Morgan fingerprint density at radius 2 is 2.00 bits per heavy atom. The van der Waals surface area contributed by atoms with Crippen molar-refractivity contribution in [3.05, 3.63) is 57.9 Å². The number of benzene rings is 1. The third-order valence-corrected chi connectivity index (χ3v) is 2.68. The van der Waals surface area contributed by atoms with Gasteiger partial charge in [0.15, 0.2) is 23.3 Å². The Labute approximate surface area is 116 Å². The first kappa shape index (κ1) is 14.8. The molecule has 1 aromatic heterocycles. The first-order chi connectivity index (χ1) is 9.97. The van der Waals surface area contributed by atoms with E-state index in [0.29, 0.717) is 6.20 Å². The highest BCUT2D eigenvalue weighted by Crippen LogP contribution is 2.14. The number of carbonyl (C=O) groups excluding carboxylic acids is 1. The molecule has 1 aromatic carbocycles. The van der Waals surface area contributed by atoms with Crippen LogP contribution in [0.5, 0.6) is 0 Å². The SMILES string of the molecule is O=C(CCc1cccc(F)c1F)Nc1[nH]c(=O)ncc1F. The number of H-pyrrole nitrogens is 1.